The van der Waals surface area contributed by atoms with Gasteiger partial charge in [0.2, 0.25) is 5.91 Å². The zero-order chi connectivity index (χ0) is 15.8. The minimum atomic E-state index is -0.139. The maximum atomic E-state index is 11.5. The molecule has 1 aliphatic rings. The molecule has 0 unspecified atom stereocenters. The molecule has 2 rings (SSSR count). The van der Waals surface area contributed by atoms with Gasteiger partial charge in [0.25, 0.3) is 0 Å². The number of nitriles is 1. The number of benzene rings is 1. The lowest BCUT2D eigenvalue weighted by molar-refractivity contribution is -0.116. The number of ether oxygens (including phenoxy) is 1. The number of piperidine rings is 1. The third-order valence-electron chi connectivity index (χ3n) is 3.88. The topological polar surface area (TPSA) is 56.6 Å². The molecule has 0 radical (unpaired) electrons. The lowest BCUT2D eigenvalue weighted by atomic mass is 10.1. The van der Waals surface area contributed by atoms with Gasteiger partial charge in [0.1, 0.15) is 18.9 Å². The van der Waals surface area contributed by atoms with E-state index < -0.39 is 0 Å². The Morgan fingerprint density at radius 3 is 2.55 bits per heavy atom. The lowest BCUT2D eigenvalue weighted by Gasteiger charge is -2.26. The molecule has 1 aliphatic heterocycles. The van der Waals surface area contributed by atoms with E-state index in [1.165, 1.54) is 44.2 Å². The van der Waals surface area contributed by atoms with Crippen molar-refractivity contribution in [2.45, 2.75) is 26.2 Å². The van der Waals surface area contributed by atoms with E-state index in [0.29, 0.717) is 6.61 Å². The predicted molar refractivity (Wildman–Crippen MR) is 85.9 cm³/mol. The SMILES string of the molecule is CC(=O)N(CC#N)c1ccc(OCCN2CCCCC2)cc1. The number of likely N-dealkylation sites (tertiary alicyclic amines) is 1. The summed E-state index contributed by atoms with van der Waals surface area (Å²) in [5, 5.41) is 8.77. The fourth-order valence-corrected chi connectivity index (χ4v) is 2.65. The van der Waals surface area contributed by atoms with Crippen LogP contribution in [0.2, 0.25) is 0 Å². The van der Waals surface area contributed by atoms with Gasteiger partial charge < -0.3 is 4.74 Å². The number of rotatable bonds is 6. The molecule has 5 heteroatoms. The van der Waals surface area contributed by atoms with Crippen LogP contribution in [-0.2, 0) is 4.79 Å². The molecule has 1 aromatic carbocycles. The van der Waals surface area contributed by atoms with Crippen LogP contribution in [0.4, 0.5) is 5.69 Å². The molecule has 0 saturated carbocycles. The van der Waals surface area contributed by atoms with Gasteiger partial charge in [-0.1, -0.05) is 6.42 Å². The van der Waals surface area contributed by atoms with Crippen molar-refractivity contribution >= 4 is 11.6 Å². The highest BCUT2D eigenvalue weighted by atomic mass is 16.5. The molecule has 0 aromatic heterocycles. The summed E-state index contributed by atoms with van der Waals surface area (Å²) in [6.07, 6.45) is 3.91. The first-order valence-electron chi connectivity index (χ1n) is 7.81. The molecule has 0 atom stereocenters. The van der Waals surface area contributed by atoms with Crippen molar-refractivity contribution in [1.82, 2.24) is 4.90 Å². The zero-order valence-corrected chi connectivity index (χ0v) is 13.1. The van der Waals surface area contributed by atoms with Crippen molar-refractivity contribution in [3.63, 3.8) is 0 Å². The van der Waals surface area contributed by atoms with E-state index >= 15 is 0 Å². The number of hydrogen-bond acceptors (Lipinski definition) is 4. The second-order valence-electron chi connectivity index (χ2n) is 5.51. The number of amides is 1. The molecule has 1 saturated heterocycles. The molecule has 1 aromatic rings. The van der Waals surface area contributed by atoms with Crippen LogP contribution >= 0.6 is 0 Å². The van der Waals surface area contributed by atoms with Crippen LogP contribution in [0.3, 0.4) is 0 Å². The Bertz CT molecular complexity index is 516. The number of anilines is 1. The molecule has 118 valence electrons. The van der Waals surface area contributed by atoms with Crippen molar-refractivity contribution in [1.29, 1.82) is 5.26 Å². The van der Waals surface area contributed by atoms with Gasteiger partial charge in [-0.15, -0.1) is 0 Å². The van der Waals surface area contributed by atoms with Crippen molar-refractivity contribution < 1.29 is 9.53 Å². The average Bonchev–Trinajstić information content (AvgIpc) is 2.54. The van der Waals surface area contributed by atoms with Crippen molar-refractivity contribution in [2.24, 2.45) is 0 Å². The normalized spacial score (nSPS) is 15.1. The van der Waals surface area contributed by atoms with Gasteiger partial charge in [-0.05, 0) is 50.2 Å². The quantitative estimate of drug-likeness (QED) is 0.757. The zero-order valence-electron chi connectivity index (χ0n) is 13.1. The molecule has 1 amide bonds. The summed E-state index contributed by atoms with van der Waals surface area (Å²) in [4.78, 5) is 15.4. The summed E-state index contributed by atoms with van der Waals surface area (Å²) in [7, 11) is 0. The van der Waals surface area contributed by atoms with Gasteiger partial charge in [-0.25, -0.2) is 0 Å². The van der Waals surface area contributed by atoms with Gasteiger partial charge in [0.15, 0.2) is 0 Å². The smallest absolute Gasteiger partial charge is 0.224 e. The van der Waals surface area contributed by atoms with Crippen molar-refractivity contribution in [2.75, 3.05) is 37.7 Å². The van der Waals surface area contributed by atoms with E-state index in [1.54, 1.807) is 0 Å². The average molecular weight is 301 g/mol. The van der Waals surface area contributed by atoms with Crippen LogP contribution in [0, 0.1) is 11.3 Å². The molecular formula is C17H23N3O2. The second kappa shape index (κ2) is 8.40. The molecule has 5 nitrogen and oxygen atoms in total. The first-order chi connectivity index (χ1) is 10.7. The Morgan fingerprint density at radius 1 is 1.27 bits per heavy atom. The van der Waals surface area contributed by atoms with E-state index in [1.807, 2.05) is 30.3 Å². The number of carbonyl (C=O) groups is 1. The van der Waals surface area contributed by atoms with E-state index in [-0.39, 0.29) is 12.5 Å². The first kappa shape index (κ1) is 16.3. The van der Waals surface area contributed by atoms with E-state index in [9.17, 15) is 4.79 Å². The maximum Gasteiger partial charge on any atom is 0.224 e. The van der Waals surface area contributed by atoms with Crippen molar-refractivity contribution in [3.8, 4) is 11.8 Å². The second-order valence-corrected chi connectivity index (χ2v) is 5.51. The molecule has 22 heavy (non-hydrogen) atoms. The summed E-state index contributed by atoms with van der Waals surface area (Å²) >= 11 is 0. The van der Waals surface area contributed by atoms with Crippen molar-refractivity contribution in [3.05, 3.63) is 24.3 Å². The highest BCUT2D eigenvalue weighted by Gasteiger charge is 2.11. The highest BCUT2D eigenvalue weighted by molar-refractivity contribution is 5.91. The number of nitrogens with zero attached hydrogens (tertiary/aromatic N) is 3. The standard InChI is InChI=1S/C17H23N3O2/c1-15(21)20(12-9-18)16-5-7-17(8-6-16)22-14-13-19-10-3-2-4-11-19/h5-8H,2-4,10-14H2,1H3. The van der Waals surface area contributed by atoms with Crippen LogP contribution in [0.25, 0.3) is 0 Å². The van der Waals surface area contributed by atoms with Crippen LogP contribution in [0.5, 0.6) is 5.75 Å². The third kappa shape index (κ3) is 4.74. The predicted octanol–water partition coefficient (Wildman–Crippen LogP) is 2.43. The molecule has 0 bridgehead atoms. The lowest BCUT2D eigenvalue weighted by Crippen LogP contribution is -2.33. The molecule has 1 heterocycles. The Labute approximate surface area is 132 Å². The third-order valence-corrected chi connectivity index (χ3v) is 3.88. The van der Waals surface area contributed by atoms with E-state index in [4.69, 9.17) is 10.00 Å². The van der Waals surface area contributed by atoms with Crippen LogP contribution in [-0.4, -0.2) is 43.6 Å². The summed E-state index contributed by atoms with van der Waals surface area (Å²) in [6.45, 7) is 5.49. The van der Waals surface area contributed by atoms with Crippen LogP contribution in [0.15, 0.2) is 24.3 Å². The minimum absolute atomic E-state index is 0.0600. The number of hydrogen-bond donors (Lipinski definition) is 0. The summed E-state index contributed by atoms with van der Waals surface area (Å²) < 4.78 is 5.75. The first-order valence-corrected chi connectivity index (χ1v) is 7.81. The Kier molecular flexibility index (Phi) is 6.23. The van der Waals surface area contributed by atoms with Crippen LogP contribution < -0.4 is 9.64 Å². The van der Waals surface area contributed by atoms with Gasteiger partial charge in [-0.3, -0.25) is 14.6 Å². The summed E-state index contributed by atoms with van der Waals surface area (Å²) in [5.41, 5.74) is 0.720. The minimum Gasteiger partial charge on any atom is -0.492 e. The fraction of sp³-hybridized carbons (Fsp3) is 0.529. The molecular weight excluding hydrogens is 278 g/mol. The van der Waals surface area contributed by atoms with E-state index in [2.05, 4.69) is 4.90 Å². The fourth-order valence-electron chi connectivity index (χ4n) is 2.65. The largest absolute Gasteiger partial charge is 0.492 e. The Balaban J connectivity index is 1.83. The highest BCUT2D eigenvalue weighted by Crippen LogP contribution is 2.19. The molecule has 0 aliphatic carbocycles. The van der Waals surface area contributed by atoms with Gasteiger partial charge in [0.05, 0.1) is 6.07 Å². The molecule has 0 N–H and O–H groups in total. The summed E-state index contributed by atoms with van der Waals surface area (Å²) in [6, 6.07) is 9.32. The van der Waals surface area contributed by atoms with E-state index in [0.717, 1.165) is 18.0 Å². The maximum absolute atomic E-state index is 11.5. The Morgan fingerprint density at radius 2 is 1.95 bits per heavy atom. The monoisotopic (exact) mass is 301 g/mol. The molecule has 1 fully saturated rings. The van der Waals surface area contributed by atoms with Gasteiger partial charge >= 0.3 is 0 Å². The molecule has 0 spiro atoms. The van der Waals surface area contributed by atoms with Crippen LogP contribution in [0.1, 0.15) is 26.2 Å². The summed E-state index contributed by atoms with van der Waals surface area (Å²) in [5.74, 6) is 0.654. The Hall–Kier alpha value is -2.06. The number of carbonyl (C=O) groups excluding carboxylic acids is 1. The van der Waals surface area contributed by atoms with Gasteiger partial charge in [-0.2, -0.15) is 5.26 Å². The van der Waals surface area contributed by atoms with Gasteiger partial charge in [0, 0.05) is 19.2 Å².